The molecule has 7 nitrogen and oxygen atoms in total. The molecule has 3 N–H and O–H groups in total. The third-order valence-electron chi connectivity index (χ3n) is 4.55. The maximum absolute atomic E-state index is 11.9. The molecule has 2 heterocycles. The second kappa shape index (κ2) is 8.15. The van der Waals surface area contributed by atoms with E-state index in [9.17, 15) is 4.79 Å². The fraction of sp³-hybridized carbons (Fsp3) is 0.0455. The highest BCUT2D eigenvalue weighted by molar-refractivity contribution is 6.32. The molecule has 1 atom stereocenters. The molecule has 1 aromatic heterocycles. The van der Waals surface area contributed by atoms with Gasteiger partial charge in [0.05, 0.1) is 5.02 Å². The fourth-order valence-corrected chi connectivity index (χ4v) is 3.37. The Morgan fingerprint density at radius 3 is 2.83 bits per heavy atom. The number of pyridine rings is 1. The van der Waals surface area contributed by atoms with E-state index in [0.29, 0.717) is 22.2 Å². The van der Waals surface area contributed by atoms with Crippen molar-refractivity contribution in [3.63, 3.8) is 0 Å². The minimum Gasteiger partial charge on any atom is -0.456 e. The van der Waals surface area contributed by atoms with Gasteiger partial charge in [-0.3, -0.25) is 4.90 Å². The molecule has 0 radical (unpaired) electrons. The van der Waals surface area contributed by atoms with Crippen molar-refractivity contribution in [2.45, 2.75) is 6.17 Å². The topological polar surface area (TPSA) is 104 Å². The number of carbonyl (C=O) groups is 1. The third kappa shape index (κ3) is 3.90. The number of aromatic nitrogens is 1. The predicted molar refractivity (Wildman–Crippen MR) is 114 cm³/mol. The van der Waals surface area contributed by atoms with E-state index in [0.717, 1.165) is 11.1 Å². The van der Waals surface area contributed by atoms with Gasteiger partial charge in [0, 0.05) is 29.7 Å². The van der Waals surface area contributed by atoms with Crippen LogP contribution in [0.25, 0.3) is 6.08 Å². The summed E-state index contributed by atoms with van der Waals surface area (Å²) in [5.74, 6) is 0.878. The summed E-state index contributed by atoms with van der Waals surface area (Å²) in [5, 5.41) is 12.6. The van der Waals surface area contributed by atoms with Crippen molar-refractivity contribution in [1.29, 1.82) is 5.26 Å². The van der Waals surface area contributed by atoms with Crippen molar-refractivity contribution < 1.29 is 9.53 Å². The number of nitrogens with two attached hydrogens (primary N) is 1. The van der Waals surface area contributed by atoms with Crippen LogP contribution >= 0.6 is 11.6 Å². The van der Waals surface area contributed by atoms with E-state index >= 15 is 0 Å². The van der Waals surface area contributed by atoms with Crippen LogP contribution in [0, 0.1) is 11.3 Å². The summed E-state index contributed by atoms with van der Waals surface area (Å²) in [6.07, 6.45) is 4.50. The van der Waals surface area contributed by atoms with E-state index in [1.54, 1.807) is 30.5 Å². The summed E-state index contributed by atoms with van der Waals surface area (Å²) >= 11 is 6.40. The quantitative estimate of drug-likeness (QED) is 0.629. The molecule has 2 aromatic carbocycles. The number of hydrogen-bond acceptors (Lipinski definition) is 5. The highest BCUT2D eigenvalue weighted by atomic mass is 35.5. The first kappa shape index (κ1) is 19.3. The number of primary amides is 1. The number of ether oxygens (including phenoxy) is 1. The van der Waals surface area contributed by atoms with Gasteiger partial charge in [0.1, 0.15) is 29.4 Å². The number of anilines is 1. The summed E-state index contributed by atoms with van der Waals surface area (Å²) in [6.45, 7) is 0. The smallest absolute Gasteiger partial charge is 0.320 e. The Balaban J connectivity index is 1.59. The molecule has 148 valence electrons. The van der Waals surface area contributed by atoms with Crippen LogP contribution < -0.4 is 15.8 Å². The van der Waals surface area contributed by atoms with Gasteiger partial charge in [-0.05, 0) is 35.9 Å². The first-order valence-electron chi connectivity index (χ1n) is 9.00. The van der Waals surface area contributed by atoms with Crippen molar-refractivity contribution in [1.82, 2.24) is 9.88 Å². The number of nitriles is 1. The second-order valence-corrected chi connectivity index (χ2v) is 6.88. The average molecular weight is 418 g/mol. The van der Waals surface area contributed by atoms with Gasteiger partial charge >= 0.3 is 6.03 Å². The largest absolute Gasteiger partial charge is 0.456 e. The number of benzene rings is 2. The first-order chi connectivity index (χ1) is 14.5. The van der Waals surface area contributed by atoms with Crippen molar-refractivity contribution >= 4 is 29.4 Å². The number of rotatable bonds is 4. The zero-order valence-corrected chi connectivity index (χ0v) is 16.4. The monoisotopic (exact) mass is 417 g/mol. The van der Waals surface area contributed by atoms with Crippen LogP contribution in [0.15, 0.2) is 67.0 Å². The van der Waals surface area contributed by atoms with Crippen molar-refractivity contribution in [2.24, 2.45) is 5.73 Å². The summed E-state index contributed by atoms with van der Waals surface area (Å²) in [4.78, 5) is 17.3. The third-order valence-corrected chi connectivity index (χ3v) is 4.84. The summed E-state index contributed by atoms with van der Waals surface area (Å²) < 4.78 is 5.77. The Bertz CT molecular complexity index is 1190. The van der Waals surface area contributed by atoms with Gasteiger partial charge in [-0.1, -0.05) is 35.9 Å². The number of urea groups is 1. The zero-order chi connectivity index (χ0) is 21.1. The molecule has 1 aliphatic heterocycles. The molecule has 2 amide bonds. The van der Waals surface area contributed by atoms with Gasteiger partial charge < -0.3 is 15.8 Å². The average Bonchev–Trinajstić information content (AvgIpc) is 2.76. The van der Waals surface area contributed by atoms with E-state index in [1.807, 2.05) is 36.4 Å². The molecule has 4 rings (SSSR count). The Hall–Kier alpha value is -4.02. The normalized spacial score (nSPS) is 14.5. The van der Waals surface area contributed by atoms with Crippen molar-refractivity contribution in [3.05, 3.63) is 88.8 Å². The fourth-order valence-electron chi connectivity index (χ4n) is 3.15. The molecule has 0 spiro atoms. The highest BCUT2D eigenvalue weighted by Gasteiger charge is 2.26. The zero-order valence-electron chi connectivity index (χ0n) is 15.6. The number of nitrogens with one attached hydrogen (secondary N) is 1. The Morgan fingerprint density at radius 1 is 1.23 bits per heavy atom. The minimum absolute atomic E-state index is 0.248. The lowest BCUT2D eigenvalue weighted by Gasteiger charge is -2.33. The lowest BCUT2D eigenvalue weighted by Crippen LogP contribution is -2.39. The number of halogens is 1. The molecule has 0 saturated heterocycles. The maximum Gasteiger partial charge on any atom is 0.320 e. The molecule has 1 aliphatic rings. The van der Waals surface area contributed by atoms with Crippen LogP contribution in [0.1, 0.15) is 23.0 Å². The Morgan fingerprint density at radius 2 is 2.07 bits per heavy atom. The number of nitrogens with zero attached hydrogens (tertiary/aromatic N) is 3. The molecule has 0 fully saturated rings. The predicted octanol–water partition coefficient (Wildman–Crippen LogP) is 4.87. The summed E-state index contributed by atoms with van der Waals surface area (Å²) in [6, 6.07) is 17.5. The van der Waals surface area contributed by atoms with Gasteiger partial charge in [0.25, 0.3) is 0 Å². The summed E-state index contributed by atoms with van der Waals surface area (Å²) in [7, 11) is 0. The molecular formula is C22H16ClN5O2. The van der Waals surface area contributed by atoms with Crippen LogP contribution in [-0.2, 0) is 0 Å². The maximum atomic E-state index is 11.9. The Kier molecular flexibility index (Phi) is 5.24. The van der Waals surface area contributed by atoms with E-state index in [1.165, 1.54) is 17.2 Å². The molecule has 8 heteroatoms. The lowest BCUT2D eigenvalue weighted by molar-refractivity contribution is 0.214. The number of amides is 2. The van der Waals surface area contributed by atoms with Crippen LogP contribution in [0.5, 0.6) is 11.5 Å². The molecule has 0 aliphatic carbocycles. The highest BCUT2D eigenvalue weighted by Crippen LogP contribution is 2.35. The molecule has 0 saturated carbocycles. The van der Waals surface area contributed by atoms with Gasteiger partial charge in [0.2, 0.25) is 0 Å². The van der Waals surface area contributed by atoms with Crippen molar-refractivity contribution in [2.75, 3.05) is 5.32 Å². The molecular weight excluding hydrogens is 402 g/mol. The van der Waals surface area contributed by atoms with Crippen molar-refractivity contribution in [3.8, 4) is 17.6 Å². The van der Waals surface area contributed by atoms with Gasteiger partial charge in [-0.2, -0.15) is 5.26 Å². The van der Waals surface area contributed by atoms with E-state index in [-0.39, 0.29) is 5.69 Å². The lowest BCUT2D eigenvalue weighted by atomic mass is 10.0. The SMILES string of the molecule is N#Cc1cc(Oc2ccc(NC3c4ccccc4C=CN3C(N)=O)cc2Cl)ccn1. The number of hydrogen-bond donors (Lipinski definition) is 2. The van der Waals surface area contributed by atoms with Crippen LogP contribution in [0.2, 0.25) is 5.02 Å². The number of carbonyl (C=O) groups excluding carboxylic acids is 1. The van der Waals surface area contributed by atoms with E-state index < -0.39 is 12.2 Å². The Labute approximate surface area is 178 Å². The van der Waals surface area contributed by atoms with Crippen LogP contribution in [-0.4, -0.2) is 15.9 Å². The molecule has 1 unspecified atom stereocenters. The van der Waals surface area contributed by atoms with E-state index in [4.69, 9.17) is 27.3 Å². The second-order valence-electron chi connectivity index (χ2n) is 6.47. The van der Waals surface area contributed by atoms with Crippen LogP contribution in [0.4, 0.5) is 10.5 Å². The molecule has 3 aromatic rings. The molecule has 0 bridgehead atoms. The van der Waals surface area contributed by atoms with E-state index in [2.05, 4.69) is 10.3 Å². The summed E-state index contributed by atoms with van der Waals surface area (Å²) in [5.41, 5.74) is 8.39. The minimum atomic E-state index is -0.574. The standard InChI is InChI=1S/C22H16ClN5O2/c23-19-12-15(5-6-20(19)30-17-7-9-26-16(11-17)13-24)27-21-18-4-2-1-3-14(18)8-10-28(21)22(25)29/h1-12,21,27H,(H2,25,29). The molecule has 30 heavy (non-hydrogen) atoms. The first-order valence-corrected chi connectivity index (χ1v) is 9.38. The van der Waals surface area contributed by atoms with Gasteiger partial charge in [-0.15, -0.1) is 0 Å². The van der Waals surface area contributed by atoms with Crippen LogP contribution in [0.3, 0.4) is 0 Å². The number of fused-ring (bicyclic) bond motifs is 1. The van der Waals surface area contributed by atoms with Gasteiger partial charge in [-0.25, -0.2) is 9.78 Å². The van der Waals surface area contributed by atoms with Gasteiger partial charge in [0.15, 0.2) is 0 Å².